The SMILES string of the molecule is Cc1nc(C)nc([NH-])n1.Cc1nc(C)nc([NH-])n1.[W+2]. The minimum atomic E-state index is 0. The standard InChI is InChI=1S/2C5H7N4.W/c2*1-3-7-4(2)9-5(6)8-3;/h2*1-2H3,(H-,6,7,8,9);/q2*-1;+2. The molecule has 0 bridgehead atoms. The molecule has 0 fully saturated rings. The van der Waals surface area contributed by atoms with Crippen molar-refractivity contribution in [2.45, 2.75) is 27.7 Å². The average Bonchev–Trinajstić information content (AvgIpc) is 2.12. The Bertz CT molecular complexity index is 395. The second-order valence-corrected chi connectivity index (χ2v) is 3.51. The summed E-state index contributed by atoms with van der Waals surface area (Å²) in [5.74, 6) is 2.50. The van der Waals surface area contributed by atoms with Gasteiger partial charge in [-0.2, -0.15) is 0 Å². The van der Waals surface area contributed by atoms with E-state index in [1.165, 1.54) is 0 Å². The summed E-state index contributed by atoms with van der Waals surface area (Å²) in [5, 5.41) is 0. The normalized spacial score (nSPS) is 9.05. The summed E-state index contributed by atoms with van der Waals surface area (Å²) < 4.78 is 0. The number of hydrogen-bond donors (Lipinski definition) is 0. The fraction of sp³-hybridized carbons (Fsp3) is 0.400. The van der Waals surface area contributed by atoms with E-state index in [1.54, 1.807) is 27.7 Å². The van der Waals surface area contributed by atoms with Crippen molar-refractivity contribution < 1.29 is 21.1 Å². The second kappa shape index (κ2) is 7.68. The van der Waals surface area contributed by atoms with E-state index in [0.29, 0.717) is 23.3 Å². The molecule has 0 aliphatic rings. The molecule has 8 nitrogen and oxygen atoms in total. The first kappa shape index (κ1) is 17.3. The maximum atomic E-state index is 7.01. The van der Waals surface area contributed by atoms with Gasteiger partial charge in [-0.1, -0.05) is 0 Å². The zero-order valence-electron chi connectivity index (χ0n) is 11.1. The van der Waals surface area contributed by atoms with Crippen LogP contribution in [0.1, 0.15) is 23.3 Å². The van der Waals surface area contributed by atoms with Crippen LogP contribution in [0, 0.1) is 27.7 Å². The van der Waals surface area contributed by atoms with Gasteiger partial charge in [-0.05, 0) is 27.7 Å². The summed E-state index contributed by atoms with van der Waals surface area (Å²) in [7, 11) is 0. The molecule has 2 aromatic rings. The van der Waals surface area contributed by atoms with Crippen molar-refractivity contribution in [2.24, 2.45) is 0 Å². The molecule has 2 aromatic heterocycles. The molecule has 0 saturated carbocycles. The van der Waals surface area contributed by atoms with Gasteiger partial charge in [-0.3, -0.25) is 9.97 Å². The predicted molar refractivity (Wildman–Crippen MR) is 66.6 cm³/mol. The van der Waals surface area contributed by atoms with E-state index in [-0.39, 0.29) is 33.0 Å². The Labute approximate surface area is 125 Å². The molecule has 0 amide bonds. The minimum Gasteiger partial charge on any atom is -0.410 e. The summed E-state index contributed by atoms with van der Waals surface area (Å²) in [4.78, 5) is 22.5. The van der Waals surface area contributed by atoms with Gasteiger partial charge in [-0.15, -0.1) is 0 Å². The van der Waals surface area contributed by atoms with E-state index < -0.39 is 0 Å². The van der Waals surface area contributed by atoms with Crippen LogP contribution in [0.25, 0.3) is 11.5 Å². The first-order chi connectivity index (χ1) is 8.36. The monoisotopic (exact) mass is 430 g/mol. The first-order valence-electron chi connectivity index (χ1n) is 5.18. The van der Waals surface area contributed by atoms with Crippen LogP contribution in [0.2, 0.25) is 0 Å². The molecule has 0 radical (unpaired) electrons. The van der Waals surface area contributed by atoms with E-state index in [0.717, 1.165) is 0 Å². The van der Waals surface area contributed by atoms with Crippen LogP contribution in [0.3, 0.4) is 0 Å². The van der Waals surface area contributed by atoms with Crippen molar-refractivity contribution in [3.8, 4) is 0 Å². The van der Waals surface area contributed by atoms with Gasteiger partial charge in [0.2, 0.25) is 0 Å². The minimum absolute atomic E-state index is 0. The van der Waals surface area contributed by atoms with Crippen molar-refractivity contribution in [3.05, 3.63) is 34.8 Å². The van der Waals surface area contributed by atoms with Gasteiger partial charge >= 0.3 is 21.1 Å². The molecule has 100 valence electrons. The molecule has 9 heteroatoms. The molecule has 19 heavy (non-hydrogen) atoms. The third-order valence-electron chi connectivity index (χ3n) is 1.72. The fourth-order valence-electron chi connectivity index (χ4n) is 1.23. The van der Waals surface area contributed by atoms with Gasteiger partial charge in [0.1, 0.15) is 0 Å². The smallest absolute Gasteiger partial charge is 0.410 e. The van der Waals surface area contributed by atoms with Crippen molar-refractivity contribution in [1.29, 1.82) is 0 Å². The molecule has 0 spiro atoms. The van der Waals surface area contributed by atoms with Crippen molar-refractivity contribution in [3.63, 3.8) is 0 Å². The zero-order chi connectivity index (χ0) is 13.7. The Hall–Kier alpha value is -1.69. The molecular formula is C10H14N8W. The van der Waals surface area contributed by atoms with E-state index in [4.69, 9.17) is 11.5 Å². The van der Waals surface area contributed by atoms with Crippen LogP contribution in [0.5, 0.6) is 0 Å². The van der Waals surface area contributed by atoms with Gasteiger partial charge in [0.25, 0.3) is 0 Å². The molecule has 0 aliphatic carbocycles. The van der Waals surface area contributed by atoms with Gasteiger partial charge in [-0.25, -0.2) is 0 Å². The number of hydrogen-bond acceptors (Lipinski definition) is 6. The quantitative estimate of drug-likeness (QED) is 0.632. The van der Waals surface area contributed by atoms with Crippen molar-refractivity contribution in [2.75, 3.05) is 0 Å². The molecular weight excluding hydrogens is 416 g/mol. The van der Waals surface area contributed by atoms with E-state index in [2.05, 4.69) is 29.9 Å². The summed E-state index contributed by atoms with van der Waals surface area (Å²) in [6.45, 7) is 6.97. The van der Waals surface area contributed by atoms with Gasteiger partial charge in [0.15, 0.2) is 0 Å². The van der Waals surface area contributed by atoms with Crippen LogP contribution < -0.4 is 0 Å². The van der Waals surface area contributed by atoms with E-state index in [9.17, 15) is 0 Å². The topological polar surface area (TPSA) is 125 Å². The maximum Gasteiger partial charge on any atom is 2.00 e. The van der Waals surface area contributed by atoms with Crippen molar-refractivity contribution in [1.82, 2.24) is 29.9 Å². The molecule has 2 N–H and O–H groups in total. The Morgan fingerprint density at radius 1 is 0.526 bits per heavy atom. The van der Waals surface area contributed by atoms with Gasteiger partial charge < -0.3 is 31.4 Å². The zero-order valence-corrected chi connectivity index (χ0v) is 14.0. The number of aromatic nitrogens is 6. The Morgan fingerprint density at radius 2 is 0.737 bits per heavy atom. The summed E-state index contributed by atoms with van der Waals surface area (Å²) in [6, 6.07) is 0. The van der Waals surface area contributed by atoms with Gasteiger partial charge in [0.05, 0.1) is 23.3 Å². The number of nitrogens with zero attached hydrogens (tertiary/aromatic N) is 6. The Balaban J connectivity index is 0.000000324. The third kappa shape index (κ3) is 6.71. The summed E-state index contributed by atoms with van der Waals surface area (Å²) in [6.07, 6.45) is 0. The first-order valence-corrected chi connectivity index (χ1v) is 5.18. The number of rotatable bonds is 0. The number of nitrogens with one attached hydrogen (secondary N) is 2. The molecule has 0 atom stereocenters. The van der Waals surface area contributed by atoms with Crippen molar-refractivity contribution >= 4 is 11.9 Å². The van der Waals surface area contributed by atoms with Crippen LogP contribution >= 0.6 is 0 Å². The molecule has 0 aromatic carbocycles. The summed E-state index contributed by atoms with van der Waals surface area (Å²) in [5.41, 5.74) is 14.0. The molecule has 2 rings (SSSR count). The Morgan fingerprint density at radius 3 is 0.895 bits per heavy atom. The third-order valence-corrected chi connectivity index (χ3v) is 1.72. The van der Waals surface area contributed by atoms with Crippen LogP contribution in [-0.4, -0.2) is 29.9 Å². The molecule has 0 saturated heterocycles. The maximum absolute atomic E-state index is 7.01. The predicted octanol–water partition coefficient (Wildman–Crippen LogP) is 2.34. The van der Waals surface area contributed by atoms with E-state index in [1.807, 2.05) is 0 Å². The van der Waals surface area contributed by atoms with Crippen LogP contribution in [0.15, 0.2) is 0 Å². The molecule has 2 heterocycles. The van der Waals surface area contributed by atoms with E-state index >= 15 is 0 Å². The Kier molecular flexibility index (Phi) is 7.00. The second-order valence-electron chi connectivity index (χ2n) is 3.51. The average molecular weight is 430 g/mol. The molecule has 0 aliphatic heterocycles. The van der Waals surface area contributed by atoms with Crippen LogP contribution in [0.4, 0.5) is 11.9 Å². The molecule has 0 unspecified atom stereocenters. The summed E-state index contributed by atoms with van der Waals surface area (Å²) >= 11 is 0. The largest absolute Gasteiger partial charge is 2.00 e. The fourth-order valence-corrected chi connectivity index (χ4v) is 1.23. The van der Waals surface area contributed by atoms with Crippen LogP contribution in [-0.2, 0) is 21.1 Å². The number of aryl methyl sites for hydroxylation is 4. The van der Waals surface area contributed by atoms with Gasteiger partial charge in [0, 0.05) is 11.9 Å².